The Hall–Kier alpha value is -2.49. The minimum absolute atomic E-state index is 0.0151. The van der Waals surface area contributed by atoms with Crippen LogP contribution in [0.1, 0.15) is 12.0 Å². The summed E-state index contributed by atoms with van der Waals surface area (Å²) in [5.41, 5.74) is 0.590. The summed E-state index contributed by atoms with van der Waals surface area (Å²) in [4.78, 5) is 47.0. The number of amides is 1. The number of anilines is 1. The predicted molar refractivity (Wildman–Crippen MR) is 98.6 cm³/mol. The topological polar surface area (TPSA) is 125 Å². The van der Waals surface area contributed by atoms with E-state index in [9.17, 15) is 24.5 Å². The van der Waals surface area contributed by atoms with Gasteiger partial charge in [0, 0.05) is 23.2 Å². The Morgan fingerprint density at radius 2 is 2.14 bits per heavy atom. The lowest BCUT2D eigenvalue weighted by Crippen LogP contribution is -2.39. The number of aryl methyl sites for hydroxylation is 1. The zero-order valence-electron chi connectivity index (χ0n) is 14.8. The largest absolute Gasteiger partial charge is 0.461 e. The van der Waals surface area contributed by atoms with Crippen LogP contribution in [0.25, 0.3) is 0 Å². The summed E-state index contributed by atoms with van der Waals surface area (Å²) < 4.78 is 10.5. The van der Waals surface area contributed by atoms with Gasteiger partial charge in [0.15, 0.2) is 6.61 Å². The number of ether oxygens (including phenoxy) is 2. The van der Waals surface area contributed by atoms with Crippen LogP contribution in [-0.2, 0) is 23.9 Å². The maximum Gasteiger partial charge on any atom is 0.310 e. The lowest BCUT2D eigenvalue weighted by atomic mass is 9.80. The standard InChI is InChI=1S/C18H17BrN2O7/c1-7-2-3-8(4-11(7)21(25)26)20-12(22)6-27-17(23)13-9-5-10-14(13)18(24)28-16(10)15(9)19/h2-4,9-10,13-16H,5-6H2,1H3,(H,20,22)/t9-,10-,13-,14+,15-,16+/m1/s1. The van der Waals surface area contributed by atoms with Crippen LogP contribution >= 0.6 is 15.9 Å². The number of halogens is 1. The molecule has 3 fully saturated rings. The van der Waals surface area contributed by atoms with Gasteiger partial charge in [0.25, 0.3) is 11.6 Å². The highest BCUT2D eigenvalue weighted by atomic mass is 79.9. The molecule has 4 rings (SSSR count). The third-order valence-electron chi connectivity index (χ3n) is 5.83. The van der Waals surface area contributed by atoms with Crippen molar-refractivity contribution < 1.29 is 28.8 Å². The summed E-state index contributed by atoms with van der Waals surface area (Å²) in [6, 6.07) is 4.30. The highest BCUT2D eigenvalue weighted by Crippen LogP contribution is 2.60. The lowest BCUT2D eigenvalue weighted by molar-refractivity contribution is -0.385. The minimum atomic E-state index is -0.617. The third kappa shape index (κ3) is 2.95. The molecule has 2 aliphatic carbocycles. The minimum Gasteiger partial charge on any atom is -0.461 e. The highest BCUT2D eigenvalue weighted by Gasteiger charge is 2.68. The van der Waals surface area contributed by atoms with Crippen LogP contribution in [0, 0.1) is 40.7 Å². The van der Waals surface area contributed by atoms with Crippen LogP contribution in [0.15, 0.2) is 18.2 Å². The summed E-state index contributed by atoms with van der Waals surface area (Å²) in [5.74, 6) is -2.74. The predicted octanol–water partition coefficient (Wildman–Crippen LogP) is 1.96. The normalized spacial score (nSPS) is 32.1. The molecule has 0 radical (unpaired) electrons. The number of nitrogens with one attached hydrogen (secondary N) is 1. The quantitative estimate of drug-likeness (QED) is 0.313. The maximum atomic E-state index is 12.5. The van der Waals surface area contributed by atoms with E-state index in [-0.39, 0.29) is 40.1 Å². The van der Waals surface area contributed by atoms with Crippen molar-refractivity contribution in [1.82, 2.24) is 0 Å². The first-order chi connectivity index (χ1) is 13.3. The Morgan fingerprint density at radius 1 is 1.39 bits per heavy atom. The van der Waals surface area contributed by atoms with Gasteiger partial charge < -0.3 is 14.8 Å². The van der Waals surface area contributed by atoms with E-state index in [1.165, 1.54) is 18.2 Å². The zero-order valence-corrected chi connectivity index (χ0v) is 16.4. The smallest absolute Gasteiger partial charge is 0.310 e. The number of nitrogens with zero attached hydrogens (tertiary/aromatic N) is 1. The zero-order chi connectivity index (χ0) is 20.2. The summed E-state index contributed by atoms with van der Waals surface area (Å²) in [6.07, 6.45) is 0.530. The molecular weight excluding hydrogens is 436 g/mol. The molecule has 0 unspecified atom stereocenters. The Labute approximate surface area is 168 Å². The van der Waals surface area contributed by atoms with E-state index in [1.807, 2.05) is 0 Å². The molecule has 28 heavy (non-hydrogen) atoms. The number of alkyl halides is 1. The van der Waals surface area contributed by atoms with Crippen molar-refractivity contribution in [2.24, 2.45) is 23.7 Å². The van der Waals surface area contributed by atoms with Gasteiger partial charge in [-0.3, -0.25) is 24.5 Å². The monoisotopic (exact) mass is 452 g/mol. The number of carbonyl (C=O) groups is 3. The second-order valence-electron chi connectivity index (χ2n) is 7.38. The molecule has 0 aromatic heterocycles. The molecule has 2 saturated carbocycles. The van der Waals surface area contributed by atoms with Crippen molar-refractivity contribution in [3.05, 3.63) is 33.9 Å². The van der Waals surface area contributed by atoms with E-state index >= 15 is 0 Å². The summed E-state index contributed by atoms with van der Waals surface area (Å²) in [5, 5.41) is 13.5. The van der Waals surface area contributed by atoms with Crippen molar-refractivity contribution >= 4 is 45.2 Å². The third-order valence-corrected chi connectivity index (χ3v) is 7.03. The number of carbonyl (C=O) groups excluding carboxylic acids is 3. The number of esters is 2. The fourth-order valence-electron chi connectivity index (χ4n) is 4.61. The second kappa shape index (κ2) is 6.84. The average Bonchev–Trinajstić information content (AvgIpc) is 3.25. The van der Waals surface area contributed by atoms with Crippen LogP contribution < -0.4 is 5.32 Å². The van der Waals surface area contributed by atoms with Crippen molar-refractivity contribution in [3.63, 3.8) is 0 Å². The first-order valence-electron chi connectivity index (χ1n) is 8.84. The number of benzene rings is 1. The van der Waals surface area contributed by atoms with E-state index in [4.69, 9.17) is 9.47 Å². The SMILES string of the molecule is Cc1ccc(NC(=O)COC(=O)[C@@H]2[C@H]3C[C@H]4[C@H](OC(=O)[C@@H]42)[C@@H]3Br)cc1[N+](=O)[O-]. The number of nitro benzene ring substituents is 1. The number of rotatable bonds is 5. The van der Waals surface area contributed by atoms with Gasteiger partial charge in [-0.1, -0.05) is 22.0 Å². The molecule has 1 amide bonds. The fraction of sp³-hybridized carbons (Fsp3) is 0.500. The maximum absolute atomic E-state index is 12.5. The van der Waals surface area contributed by atoms with E-state index in [1.54, 1.807) is 6.92 Å². The van der Waals surface area contributed by atoms with E-state index in [2.05, 4.69) is 21.2 Å². The molecule has 0 spiro atoms. The van der Waals surface area contributed by atoms with E-state index < -0.39 is 35.2 Å². The summed E-state index contributed by atoms with van der Waals surface area (Å²) in [7, 11) is 0. The van der Waals surface area contributed by atoms with E-state index in [0.717, 1.165) is 6.42 Å². The number of hydrogen-bond acceptors (Lipinski definition) is 7. The first kappa shape index (κ1) is 18.9. The molecular formula is C18H17BrN2O7. The van der Waals surface area contributed by atoms with Crippen molar-refractivity contribution in [1.29, 1.82) is 0 Å². The van der Waals surface area contributed by atoms with Gasteiger partial charge >= 0.3 is 11.9 Å². The van der Waals surface area contributed by atoms with Gasteiger partial charge in [0.2, 0.25) is 0 Å². The first-order valence-corrected chi connectivity index (χ1v) is 9.75. The molecule has 6 atom stereocenters. The molecule has 3 aliphatic rings. The number of nitro groups is 1. The van der Waals surface area contributed by atoms with Crippen LogP contribution in [0.2, 0.25) is 0 Å². The van der Waals surface area contributed by atoms with Gasteiger partial charge in [-0.15, -0.1) is 0 Å². The molecule has 10 heteroatoms. The molecule has 1 N–H and O–H groups in total. The average molecular weight is 453 g/mol. The lowest BCUT2D eigenvalue weighted by Gasteiger charge is -2.26. The molecule has 1 saturated heterocycles. The molecule has 1 heterocycles. The van der Waals surface area contributed by atoms with Crippen LogP contribution in [0.4, 0.5) is 11.4 Å². The molecule has 1 aromatic carbocycles. The number of fused-ring (bicyclic) bond motifs is 1. The Morgan fingerprint density at radius 3 is 2.86 bits per heavy atom. The highest BCUT2D eigenvalue weighted by molar-refractivity contribution is 9.09. The molecule has 2 bridgehead atoms. The molecule has 9 nitrogen and oxygen atoms in total. The Bertz CT molecular complexity index is 889. The Balaban J connectivity index is 1.37. The van der Waals surface area contributed by atoms with Gasteiger partial charge in [-0.2, -0.15) is 0 Å². The fourth-order valence-corrected chi connectivity index (χ4v) is 5.65. The van der Waals surface area contributed by atoms with Gasteiger partial charge in [-0.25, -0.2) is 0 Å². The summed E-state index contributed by atoms with van der Waals surface area (Å²) >= 11 is 3.51. The van der Waals surface area contributed by atoms with Gasteiger partial charge in [0.05, 0.1) is 21.6 Å². The van der Waals surface area contributed by atoms with Crippen molar-refractivity contribution in [2.75, 3.05) is 11.9 Å². The van der Waals surface area contributed by atoms with Gasteiger partial charge in [-0.05, 0) is 25.3 Å². The van der Waals surface area contributed by atoms with Crippen LogP contribution in [0.3, 0.4) is 0 Å². The van der Waals surface area contributed by atoms with Crippen molar-refractivity contribution in [2.45, 2.75) is 24.3 Å². The van der Waals surface area contributed by atoms with Gasteiger partial charge in [0.1, 0.15) is 6.10 Å². The second-order valence-corrected chi connectivity index (χ2v) is 8.43. The molecule has 148 valence electrons. The van der Waals surface area contributed by atoms with E-state index in [0.29, 0.717) is 5.56 Å². The van der Waals surface area contributed by atoms with Crippen LogP contribution in [0.5, 0.6) is 0 Å². The number of hydrogen-bond donors (Lipinski definition) is 1. The summed E-state index contributed by atoms with van der Waals surface area (Å²) in [6.45, 7) is 1.06. The van der Waals surface area contributed by atoms with Crippen molar-refractivity contribution in [3.8, 4) is 0 Å². The van der Waals surface area contributed by atoms with Crippen LogP contribution in [-0.4, -0.2) is 40.3 Å². The molecule has 1 aromatic rings. The molecule has 1 aliphatic heterocycles. The Kier molecular flexibility index (Phi) is 4.60.